The fourth-order valence-electron chi connectivity index (χ4n) is 2.05. The first kappa shape index (κ1) is 15.0. The van der Waals surface area contributed by atoms with Crippen LogP contribution in [0, 0.1) is 0 Å². The van der Waals surface area contributed by atoms with Gasteiger partial charge in [-0.15, -0.1) is 0 Å². The van der Waals surface area contributed by atoms with E-state index in [1.54, 1.807) is 6.92 Å². The lowest BCUT2D eigenvalue weighted by atomic mass is 9.96. The van der Waals surface area contributed by atoms with Gasteiger partial charge >= 0.3 is 5.97 Å². The Morgan fingerprint density at radius 2 is 2.06 bits per heavy atom. The Balaban J connectivity index is 2.65. The molecule has 0 spiro atoms. The van der Waals surface area contributed by atoms with Crippen LogP contribution < -0.4 is 5.73 Å². The second-order valence-corrected chi connectivity index (χ2v) is 6.19. The highest BCUT2D eigenvalue weighted by Gasteiger charge is 2.35. The molecule has 1 saturated heterocycles. The highest BCUT2D eigenvalue weighted by molar-refractivity contribution is 5.89. The van der Waals surface area contributed by atoms with Crippen molar-refractivity contribution in [3.05, 3.63) is 0 Å². The topological polar surface area (TPSA) is 72.6 Å². The van der Waals surface area contributed by atoms with Crippen LogP contribution in [0.1, 0.15) is 47.0 Å². The smallest absolute Gasteiger partial charge is 0.326 e. The maximum atomic E-state index is 12.2. The molecule has 5 nitrogen and oxygen atoms in total. The van der Waals surface area contributed by atoms with E-state index in [1.807, 2.05) is 20.8 Å². The zero-order valence-corrected chi connectivity index (χ0v) is 11.8. The summed E-state index contributed by atoms with van der Waals surface area (Å²) in [6.45, 7) is 7.71. The molecule has 0 aromatic carbocycles. The lowest BCUT2D eigenvalue weighted by molar-refractivity contribution is -0.159. The number of hydrogen-bond donors (Lipinski definition) is 1. The molecule has 0 bridgehead atoms. The van der Waals surface area contributed by atoms with Gasteiger partial charge in [-0.25, -0.2) is 0 Å². The summed E-state index contributed by atoms with van der Waals surface area (Å²) in [6, 6.07) is 0. The van der Waals surface area contributed by atoms with Gasteiger partial charge in [0.2, 0.25) is 5.91 Å². The second kappa shape index (κ2) is 5.26. The molecule has 2 N–H and O–H groups in total. The van der Waals surface area contributed by atoms with Crippen molar-refractivity contribution in [3.8, 4) is 0 Å². The number of carbonyl (C=O) groups is 2. The van der Waals surface area contributed by atoms with Crippen LogP contribution in [0.25, 0.3) is 0 Å². The molecule has 0 aliphatic carbocycles. The second-order valence-electron chi connectivity index (χ2n) is 6.19. The molecule has 1 aliphatic heterocycles. The number of ether oxygens (including phenoxy) is 1. The molecular formula is C13H24N2O3. The fraction of sp³-hybridized carbons (Fsp3) is 0.846. The van der Waals surface area contributed by atoms with Gasteiger partial charge < -0.3 is 15.4 Å². The Morgan fingerprint density at radius 1 is 1.44 bits per heavy atom. The summed E-state index contributed by atoms with van der Waals surface area (Å²) in [6.07, 6.45) is 2.45. The minimum atomic E-state index is -0.863. The molecule has 0 saturated carbocycles. The van der Waals surface area contributed by atoms with E-state index < -0.39 is 11.1 Å². The van der Waals surface area contributed by atoms with Gasteiger partial charge in [0.1, 0.15) is 12.1 Å². The van der Waals surface area contributed by atoms with E-state index >= 15 is 0 Å². The molecular weight excluding hydrogens is 232 g/mol. The molecule has 104 valence electrons. The maximum Gasteiger partial charge on any atom is 0.326 e. The summed E-state index contributed by atoms with van der Waals surface area (Å²) in [5.74, 6) is -0.542. The molecule has 0 aromatic heterocycles. The summed E-state index contributed by atoms with van der Waals surface area (Å²) in [5.41, 5.74) is 4.58. The van der Waals surface area contributed by atoms with Gasteiger partial charge in [0.25, 0.3) is 0 Å². The van der Waals surface area contributed by atoms with Gasteiger partial charge in [0.15, 0.2) is 0 Å². The van der Waals surface area contributed by atoms with Crippen molar-refractivity contribution in [2.45, 2.75) is 58.1 Å². The zero-order chi connectivity index (χ0) is 14.0. The molecule has 18 heavy (non-hydrogen) atoms. The summed E-state index contributed by atoms with van der Waals surface area (Å²) in [5, 5.41) is 0. The summed E-state index contributed by atoms with van der Waals surface area (Å²) < 4.78 is 5.22. The molecule has 0 aromatic rings. The Labute approximate surface area is 109 Å². The maximum absolute atomic E-state index is 12.2. The number of amides is 1. The van der Waals surface area contributed by atoms with Crippen molar-refractivity contribution in [1.29, 1.82) is 0 Å². The van der Waals surface area contributed by atoms with Crippen LogP contribution in [0.2, 0.25) is 0 Å². The molecule has 1 amide bonds. The molecule has 0 radical (unpaired) electrons. The SMILES string of the molecule is CC(C)(C)OC(=O)CN1CCCCC(C)(N)C1=O. The van der Waals surface area contributed by atoms with Crippen LogP contribution in [0.4, 0.5) is 0 Å². The Kier molecular flexibility index (Phi) is 4.37. The van der Waals surface area contributed by atoms with E-state index in [-0.39, 0.29) is 18.4 Å². The average molecular weight is 256 g/mol. The minimum absolute atomic E-state index is 0.0110. The van der Waals surface area contributed by atoms with Gasteiger partial charge in [-0.1, -0.05) is 0 Å². The summed E-state index contributed by atoms with van der Waals surface area (Å²) in [4.78, 5) is 25.4. The summed E-state index contributed by atoms with van der Waals surface area (Å²) >= 11 is 0. The number of esters is 1. The van der Waals surface area contributed by atoms with Gasteiger partial charge in [-0.05, 0) is 47.0 Å². The first-order valence-electron chi connectivity index (χ1n) is 6.42. The van der Waals surface area contributed by atoms with Crippen molar-refractivity contribution in [2.75, 3.05) is 13.1 Å². The molecule has 1 rings (SSSR count). The number of nitrogens with zero attached hydrogens (tertiary/aromatic N) is 1. The number of likely N-dealkylation sites (tertiary alicyclic amines) is 1. The van der Waals surface area contributed by atoms with Crippen LogP contribution >= 0.6 is 0 Å². The van der Waals surface area contributed by atoms with E-state index in [9.17, 15) is 9.59 Å². The molecule has 1 aliphatic rings. The van der Waals surface area contributed by atoms with E-state index in [2.05, 4.69) is 0 Å². The molecule has 5 heteroatoms. The van der Waals surface area contributed by atoms with Gasteiger partial charge in [-0.2, -0.15) is 0 Å². The molecule has 1 atom stereocenters. The molecule has 1 fully saturated rings. The number of nitrogens with two attached hydrogens (primary N) is 1. The van der Waals surface area contributed by atoms with Crippen molar-refractivity contribution >= 4 is 11.9 Å². The fourth-order valence-corrected chi connectivity index (χ4v) is 2.05. The third kappa shape index (κ3) is 4.29. The van der Waals surface area contributed by atoms with Crippen molar-refractivity contribution < 1.29 is 14.3 Å². The first-order chi connectivity index (χ1) is 8.12. The molecule has 1 heterocycles. The average Bonchev–Trinajstić information content (AvgIpc) is 2.28. The first-order valence-corrected chi connectivity index (χ1v) is 6.42. The number of carbonyl (C=O) groups excluding carboxylic acids is 2. The van der Waals surface area contributed by atoms with Gasteiger partial charge in [-0.3, -0.25) is 9.59 Å². The van der Waals surface area contributed by atoms with Crippen LogP contribution in [-0.4, -0.2) is 41.0 Å². The minimum Gasteiger partial charge on any atom is -0.459 e. The Morgan fingerprint density at radius 3 is 2.61 bits per heavy atom. The monoisotopic (exact) mass is 256 g/mol. The lowest BCUT2D eigenvalue weighted by Gasteiger charge is -2.29. The Hall–Kier alpha value is -1.10. The van der Waals surface area contributed by atoms with E-state index in [4.69, 9.17) is 10.5 Å². The van der Waals surface area contributed by atoms with Crippen molar-refractivity contribution in [2.24, 2.45) is 5.73 Å². The predicted octanol–water partition coefficient (Wildman–Crippen LogP) is 1.06. The third-order valence-electron chi connectivity index (χ3n) is 2.89. The normalized spacial score (nSPS) is 25.8. The summed E-state index contributed by atoms with van der Waals surface area (Å²) in [7, 11) is 0. The van der Waals surface area contributed by atoms with Crippen LogP contribution in [0.15, 0.2) is 0 Å². The van der Waals surface area contributed by atoms with E-state index in [1.165, 1.54) is 4.90 Å². The van der Waals surface area contributed by atoms with Crippen LogP contribution in [0.3, 0.4) is 0 Å². The largest absolute Gasteiger partial charge is 0.459 e. The number of rotatable bonds is 2. The zero-order valence-electron chi connectivity index (χ0n) is 11.8. The van der Waals surface area contributed by atoms with Crippen molar-refractivity contribution in [3.63, 3.8) is 0 Å². The van der Waals surface area contributed by atoms with Crippen LogP contribution in [-0.2, 0) is 14.3 Å². The third-order valence-corrected chi connectivity index (χ3v) is 2.89. The quantitative estimate of drug-likeness (QED) is 0.750. The highest BCUT2D eigenvalue weighted by Crippen LogP contribution is 2.19. The standard InChI is InChI=1S/C13H24N2O3/c1-12(2,3)18-10(16)9-15-8-6-5-7-13(4,14)11(15)17/h5-9,14H2,1-4H3. The van der Waals surface area contributed by atoms with E-state index in [0.717, 1.165) is 12.8 Å². The number of hydrogen-bond acceptors (Lipinski definition) is 4. The van der Waals surface area contributed by atoms with Gasteiger partial charge in [0.05, 0.1) is 5.54 Å². The van der Waals surface area contributed by atoms with E-state index in [0.29, 0.717) is 13.0 Å². The highest BCUT2D eigenvalue weighted by atomic mass is 16.6. The lowest BCUT2D eigenvalue weighted by Crippen LogP contribution is -2.53. The van der Waals surface area contributed by atoms with Crippen molar-refractivity contribution in [1.82, 2.24) is 4.90 Å². The van der Waals surface area contributed by atoms with Crippen LogP contribution in [0.5, 0.6) is 0 Å². The molecule has 1 unspecified atom stereocenters. The Bertz CT molecular complexity index is 332. The predicted molar refractivity (Wildman–Crippen MR) is 68.9 cm³/mol. The van der Waals surface area contributed by atoms with Gasteiger partial charge in [0, 0.05) is 6.54 Å².